The first kappa shape index (κ1) is 17.2. The first-order valence-electron chi connectivity index (χ1n) is 8.03. The van der Waals surface area contributed by atoms with Crippen LogP contribution in [0, 0.1) is 0 Å². The maximum absolute atomic E-state index is 12.6. The summed E-state index contributed by atoms with van der Waals surface area (Å²) in [5.74, 6) is -0.154. The summed E-state index contributed by atoms with van der Waals surface area (Å²) in [6, 6.07) is -0.0605. The minimum atomic E-state index is -0.356. The zero-order valence-electron chi connectivity index (χ0n) is 13.5. The van der Waals surface area contributed by atoms with E-state index in [4.69, 9.17) is 4.74 Å². The number of ether oxygens (including phenoxy) is 2. The topological polar surface area (TPSA) is 71.1 Å². The Kier molecular flexibility index (Phi) is 6.60. The van der Waals surface area contributed by atoms with Crippen molar-refractivity contribution in [1.82, 2.24) is 15.1 Å². The fourth-order valence-electron chi connectivity index (χ4n) is 2.98. The van der Waals surface area contributed by atoms with Gasteiger partial charge in [0.25, 0.3) is 0 Å². The number of methoxy groups -OCH3 is 1. The molecule has 0 aromatic heterocycles. The van der Waals surface area contributed by atoms with Crippen LogP contribution in [0.1, 0.15) is 19.8 Å². The van der Waals surface area contributed by atoms with Crippen LogP contribution in [0.15, 0.2) is 0 Å². The highest BCUT2D eigenvalue weighted by atomic mass is 16.6. The smallest absolute Gasteiger partial charge is 0.331 e. The van der Waals surface area contributed by atoms with Crippen LogP contribution in [-0.4, -0.2) is 86.8 Å². The summed E-state index contributed by atoms with van der Waals surface area (Å²) >= 11 is 0. The van der Waals surface area contributed by atoms with Crippen LogP contribution >= 0.6 is 0 Å². The predicted molar refractivity (Wildman–Crippen MR) is 81.5 cm³/mol. The molecule has 2 fully saturated rings. The summed E-state index contributed by atoms with van der Waals surface area (Å²) < 4.78 is 10.1. The van der Waals surface area contributed by atoms with Crippen molar-refractivity contribution in [3.8, 4) is 0 Å². The van der Waals surface area contributed by atoms with E-state index in [1.165, 1.54) is 7.11 Å². The standard InChI is InChI=1S/C15H27N3O4/c1-12(17-9-5-16-6-10-17)15(20)18-7-3-13(4-8-18)22-11-14(19)21-2/h12-13,16H,3-11H2,1-2H3. The molecule has 0 aromatic carbocycles. The van der Waals surface area contributed by atoms with Crippen molar-refractivity contribution in [1.29, 1.82) is 0 Å². The number of nitrogens with zero attached hydrogens (tertiary/aromatic N) is 2. The first-order chi connectivity index (χ1) is 10.6. The maximum atomic E-state index is 12.6. The number of hydrogen-bond acceptors (Lipinski definition) is 6. The third-order valence-corrected chi connectivity index (χ3v) is 4.47. The van der Waals surface area contributed by atoms with Gasteiger partial charge < -0.3 is 19.7 Å². The number of carbonyl (C=O) groups excluding carboxylic acids is 2. The molecule has 7 nitrogen and oxygen atoms in total. The van der Waals surface area contributed by atoms with Crippen LogP contribution in [0.25, 0.3) is 0 Å². The number of amides is 1. The third kappa shape index (κ3) is 4.66. The highest BCUT2D eigenvalue weighted by Gasteiger charge is 2.30. The third-order valence-electron chi connectivity index (χ3n) is 4.47. The van der Waals surface area contributed by atoms with E-state index in [0.717, 1.165) is 39.0 Å². The van der Waals surface area contributed by atoms with Gasteiger partial charge in [0.2, 0.25) is 5.91 Å². The highest BCUT2D eigenvalue weighted by Crippen LogP contribution is 2.16. The van der Waals surface area contributed by atoms with Gasteiger partial charge in [-0.2, -0.15) is 0 Å². The molecule has 0 aromatic rings. The van der Waals surface area contributed by atoms with E-state index >= 15 is 0 Å². The summed E-state index contributed by atoms with van der Waals surface area (Å²) in [6.07, 6.45) is 1.59. The van der Waals surface area contributed by atoms with E-state index in [0.29, 0.717) is 13.1 Å². The Hall–Kier alpha value is -1.18. The Morgan fingerprint density at radius 2 is 1.82 bits per heavy atom. The largest absolute Gasteiger partial charge is 0.467 e. The summed E-state index contributed by atoms with van der Waals surface area (Å²) in [5, 5.41) is 3.30. The highest BCUT2D eigenvalue weighted by molar-refractivity contribution is 5.81. The second kappa shape index (κ2) is 8.45. The molecule has 1 N–H and O–H groups in total. The molecule has 0 radical (unpaired) electrons. The Balaban J connectivity index is 1.73. The molecule has 1 unspecified atom stereocenters. The lowest BCUT2D eigenvalue weighted by Crippen LogP contribution is -2.54. The van der Waals surface area contributed by atoms with E-state index in [1.54, 1.807) is 0 Å². The van der Waals surface area contributed by atoms with Crippen molar-refractivity contribution >= 4 is 11.9 Å². The molecule has 2 saturated heterocycles. The number of rotatable bonds is 5. The van der Waals surface area contributed by atoms with Crippen LogP contribution in [0.5, 0.6) is 0 Å². The summed E-state index contributed by atoms with van der Waals surface area (Å²) in [7, 11) is 1.35. The summed E-state index contributed by atoms with van der Waals surface area (Å²) in [4.78, 5) is 27.8. The van der Waals surface area contributed by atoms with Crippen LogP contribution < -0.4 is 5.32 Å². The fraction of sp³-hybridized carbons (Fsp3) is 0.867. The monoisotopic (exact) mass is 313 g/mol. The van der Waals surface area contributed by atoms with Crippen LogP contribution in [0.4, 0.5) is 0 Å². The molecule has 2 heterocycles. The van der Waals surface area contributed by atoms with E-state index in [-0.39, 0.29) is 30.6 Å². The van der Waals surface area contributed by atoms with Crippen molar-refractivity contribution in [3.05, 3.63) is 0 Å². The Morgan fingerprint density at radius 3 is 2.41 bits per heavy atom. The first-order valence-corrected chi connectivity index (χ1v) is 8.03. The van der Waals surface area contributed by atoms with Gasteiger partial charge in [-0.1, -0.05) is 0 Å². The van der Waals surface area contributed by atoms with Crippen LogP contribution in [0.3, 0.4) is 0 Å². The lowest BCUT2D eigenvalue weighted by atomic mass is 10.1. The molecule has 22 heavy (non-hydrogen) atoms. The molecule has 0 spiro atoms. The molecule has 0 saturated carbocycles. The Morgan fingerprint density at radius 1 is 1.18 bits per heavy atom. The minimum Gasteiger partial charge on any atom is -0.467 e. The van der Waals surface area contributed by atoms with Crippen molar-refractivity contribution in [3.63, 3.8) is 0 Å². The van der Waals surface area contributed by atoms with Gasteiger partial charge in [0, 0.05) is 39.3 Å². The number of likely N-dealkylation sites (tertiary alicyclic amines) is 1. The predicted octanol–water partition coefficient (Wildman–Crippen LogP) is -0.539. The molecular weight excluding hydrogens is 286 g/mol. The molecule has 2 rings (SSSR count). The van der Waals surface area contributed by atoms with Gasteiger partial charge in [-0.15, -0.1) is 0 Å². The van der Waals surface area contributed by atoms with Crippen LogP contribution in [-0.2, 0) is 19.1 Å². The van der Waals surface area contributed by atoms with Gasteiger partial charge in [-0.3, -0.25) is 9.69 Å². The normalized spacial score (nSPS) is 22.4. The summed E-state index contributed by atoms with van der Waals surface area (Å²) in [5.41, 5.74) is 0. The zero-order valence-corrected chi connectivity index (χ0v) is 13.5. The van der Waals surface area contributed by atoms with E-state index < -0.39 is 0 Å². The van der Waals surface area contributed by atoms with Gasteiger partial charge >= 0.3 is 5.97 Å². The fourth-order valence-corrected chi connectivity index (χ4v) is 2.98. The number of piperidine rings is 1. The van der Waals surface area contributed by atoms with Gasteiger partial charge in [-0.05, 0) is 19.8 Å². The van der Waals surface area contributed by atoms with E-state index in [1.807, 2.05) is 11.8 Å². The number of piperazine rings is 1. The minimum absolute atomic E-state index is 0.00765. The second-order valence-corrected chi connectivity index (χ2v) is 5.87. The van der Waals surface area contributed by atoms with E-state index in [9.17, 15) is 9.59 Å². The molecule has 1 amide bonds. The van der Waals surface area contributed by atoms with Gasteiger partial charge in [-0.25, -0.2) is 4.79 Å². The SMILES string of the molecule is COC(=O)COC1CCN(C(=O)C(C)N2CCNCC2)CC1. The maximum Gasteiger partial charge on any atom is 0.331 e. The molecule has 1 atom stereocenters. The molecule has 126 valence electrons. The van der Waals surface area contributed by atoms with Gasteiger partial charge in [0.05, 0.1) is 19.3 Å². The zero-order chi connectivity index (χ0) is 15.9. The number of hydrogen-bond donors (Lipinski definition) is 1. The molecule has 7 heteroatoms. The van der Waals surface area contributed by atoms with Gasteiger partial charge in [0.15, 0.2) is 0 Å². The number of nitrogens with one attached hydrogen (secondary N) is 1. The van der Waals surface area contributed by atoms with Crippen molar-refractivity contribution in [2.45, 2.75) is 31.9 Å². The second-order valence-electron chi connectivity index (χ2n) is 5.87. The number of esters is 1. The van der Waals surface area contributed by atoms with Crippen molar-refractivity contribution < 1.29 is 19.1 Å². The molecule has 0 aliphatic carbocycles. The quantitative estimate of drug-likeness (QED) is 0.688. The lowest BCUT2D eigenvalue weighted by Gasteiger charge is -2.37. The van der Waals surface area contributed by atoms with Gasteiger partial charge in [0.1, 0.15) is 6.61 Å². The lowest BCUT2D eigenvalue weighted by molar-refractivity contribution is -0.150. The molecular formula is C15H27N3O4. The summed E-state index contributed by atoms with van der Waals surface area (Å²) in [6.45, 7) is 7.11. The van der Waals surface area contributed by atoms with Crippen molar-refractivity contribution in [2.24, 2.45) is 0 Å². The molecule has 2 aliphatic heterocycles. The van der Waals surface area contributed by atoms with Crippen LogP contribution in [0.2, 0.25) is 0 Å². The Bertz CT molecular complexity index is 377. The average Bonchev–Trinajstić information content (AvgIpc) is 2.59. The molecule has 0 bridgehead atoms. The average molecular weight is 313 g/mol. The molecule has 2 aliphatic rings. The van der Waals surface area contributed by atoms with E-state index in [2.05, 4.69) is 15.0 Å². The Labute approximate surface area is 131 Å². The number of carbonyl (C=O) groups is 2. The van der Waals surface area contributed by atoms with Crippen molar-refractivity contribution in [2.75, 3.05) is 53.0 Å².